The van der Waals surface area contributed by atoms with Crippen molar-refractivity contribution in [1.29, 1.82) is 0 Å². The van der Waals surface area contributed by atoms with Gasteiger partial charge < -0.3 is 24.4 Å². The highest BCUT2D eigenvalue weighted by molar-refractivity contribution is 5.95. The number of rotatable bonds is 5. The fraction of sp³-hybridized carbons (Fsp3) is 0.500. The van der Waals surface area contributed by atoms with Crippen molar-refractivity contribution in [3.8, 4) is 5.75 Å². The molecular weight excluding hydrogens is 340 g/mol. The molecule has 2 amide bonds. The normalized spacial score (nSPS) is 23.2. The average Bonchev–Trinajstić information content (AvgIpc) is 3.05. The monoisotopic (exact) mass is 362 g/mol. The summed E-state index contributed by atoms with van der Waals surface area (Å²) in [7, 11) is 0. The standard InChI is InChI=1S/C18H22N2O6/c1-12-9-19(10-15(26-12)18(23)24)17(22)11-25-14-5-2-4-13(8-14)20-7-3-6-16(20)21/h2,4-5,8,12,15H,3,6-7,9-11H2,1H3,(H,23,24)/t12-,15?/m1/s1. The number of benzene rings is 1. The molecule has 1 unspecified atom stereocenters. The Balaban J connectivity index is 1.59. The quantitative estimate of drug-likeness (QED) is 0.836. The third kappa shape index (κ3) is 4.13. The van der Waals surface area contributed by atoms with Crippen molar-refractivity contribution in [2.75, 3.05) is 31.1 Å². The second-order valence-corrected chi connectivity index (χ2v) is 6.51. The van der Waals surface area contributed by atoms with Crippen molar-refractivity contribution >= 4 is 23.5 Å². The summed E-state index contributed by atoms with van der Waals surface area (Å²) in [5.74, 6) is -0.806. The van der Waals surface area contributed by atoms with Crippen molar-refractivity contribution in [2.24, 2.45) is 0 Å². The Hall–Kier alpha value is -2.61. The van der Waals surface area contributed by atoms with E-state index in [1.807, 2.05) is 6.07 Å². The summed E-state index contributed by atoms with van der Waals surface area (Å²) >= 11 is 0. The van der Waals surface area contributed by atoms with Crippen LogP contribution >= 0.6 is 0 Å². The van der Waals surface area contributed by atoms with Gasteiger partial charge in [-0.1, -0.05) is 6.07 Å². The fourth-order valence-corrected chi connectivity index (χ4v) is 3.19. The van der Waals surface area contributed by atoms with Crippen molar-refractivity contribution in [3.63, 3.8) is 0 Å². The van der Waals surface area contributed by atoms with Crippen LogP contribution < -0.4 is 9.64 Å². The van der Waals surface area contributed by atoms with Crippen molar-refractivity contribution in [1.82, 2.24) is 4.90 Å². The highest BCUT2D eigenvalue weighted by Crippen LogP contribution is 2.25. The predicted octanol–water partition coefficient (Wildman–Crippen LogP) is 0.893. The minimum atomic E-state index is -1.08. The lowest BCUT2D eigenvalue weighted by Crippen LogP contribution is -2.52. The maximum absolute atomic E-state index is 12.4. The van der Waals surface area contributed by atoms with Gasteiger partial charge in [-0.15, -0.1) is 0 Å². The van der Waals surface area contributed by atoms with Crippen molar-refractivity contribution in [2.45, 2.75) is 32.0 Å². The molecule has 2 heterocycles. The molecule has 140 valence electrons. The number of morpholine rings is 1. The van der Waals surface area contributed by atoms with Crippen LogP contribution in [0.2, 0.25) is 0 Å². The van der Waals surface area contributed by atoms with E-state index in [0.29, 0.717) is 25.3 Å². The smallest absolute Gasteiger partial charge is 0.334 e. The molecule has 8 heteroatoms. The molecule has 26 heavy (non-hydrogen) atoms. The van der Waals surface area contributed by atoms with E-state index >= 15 is 0 Å². The third-order valence-corrected chi connectivity index (χ3v) is 4.45. The van der Waals surface area contributed by atoms with Gasteiger partial charge in [-0.3, -0.25) is 9.59 Å². The van der Waals surface area contributed by atoms with E-state index < -0.39 is 12.1 Å². The molecule has 2 aliphatic rings. The second-order valence-electron chi connectivity index (χ2n) is 6.51. The second kappa shape index (κ2) is 7.74. The molecule has 8 nitrogen and oxygen atoms in total. The molecule has 2 aliphatic heterocycles. The molecule has 0 bridgehead atoms. The summed E-state index contributed by atoms with van der Waals surface area (Å²) in [6.07, 6.45) is 0.0110. The van der Waals surface area contributed by atoms with Crippen LogP contribution in [0.1, 0.15) is 19.8 Å². The molecule has 1 aromatic rings. The van der Waals surface area contributed by atoms with Gasteiger partial charge in [-0.2, -0.15) is 0 Å². The first-order chi connectivity index (χ1) is 12.4. The van der Waals surface area contributed by atoms with E-state index in [4.69, 9.17) is 14.6 Å². The molecule has 0 aliphatic carbocycles. The predicted molar refractivity (Wildman–Crippen MR) is 92.1 cm³/mol. The highest BCUT2D eigenvalue weighted by atomic mass is 16.5. The lowest BCUT2D eigenvalue weighted by atomic mass is 10.2. The van der Waals surface area contributed by atoms with Gasteiger partial charge in [0.1, 0.15) is 5.75 Å². The Kier molecular flexibility index (Phi) is 5.41. The first-order valence-corrected chi connectivity index (χ1v) is 8.63. The number of carboxylic acids is 1. The van der Waals surface area contributed by atoms with Crippen molar-refractivity contribution in [3.05, 3.63) is 24.3 Å². The van der Waals surface area contributed by atoms with Gasteiger partial charge in [0.2, 0.25) is 5.91 Å². The van der Waals surface area contributed by atoms with Crippen LogP contribution in [-0.4, -0.2) is 66.2 Å². The molecule has 2 saturated heterocycles. The van der Waals surface area contributed by atoms with Crippen LogP contribution in [0.15, 0.2) is 24.3 Å². The van der Waals surface area contributed by atoms with Gasteiger partial charge in [0.05, 0.1) is 12.6 Å². The summed E-state index contributed by atoms with van der Waals surface area (Å²) < 4.78 is 10.9. The number of ether oxygens (including phenoxy) is 2. The van der Waals surface area contributed by atoms with Crippen molar-refractivity contribution < 1.29 is 29.0 Å². The van der Waals surface area contributed by atoms with E-state index in [1.54, 1.807) is 30.0 Å². The summed E-state index contributed by atoms with van der Waals surface area (Å²) in [5, 5.41) is 9.09. The van der Waals surface area contributed by atoms with Gasteiger partial charge in [0, 0.05) is 31.3 Å². The van der Waals surface area contributed by atoms with Gasteiger partial charge in [0.25, 0.3) is 5.91 Å². The number of hydrogen-bond acceptors (Lipinski definition) is 5. The molecule has 1 aromatic carbocycles. The average molecular weight is 362 g/mol. The molecule has 0 radical (unpaired) electrons. The Morgan fingerprint density at radius 2 is 2.15 bits per heavy atom. The zero-order valence-corrected chi connectivity index (χ0v) is 14.6. The third-order valence-electron chi connectivity index (χ3n) is 4.45. The van der Waals surface area contributed by atoms with Gasteiger partial charge in [-0.25, -0.2) is 4.79 Å². The molecule has 2 atom stereocenters. The summed E-state index contributed by atoms with van der Waals surface area (Å²) in [6, 6.07) is 7.06. The van der Waals surface area contributed by atoms with Crippen LogP contribution in [0, 0.1) is 0 Å². The molecule has 0 aromatic heterocycles. The van der Waals surface area contributed by atoms with Crippen LogP contribution in [0.3, 0.4) is 0 Å². The number of carbonyl (C=O) groups excluding carboxylic acids is 2. The van der Waals surface area contributed by atoms with Crippen LogP contribution in [-0.2, 0) is 19.1 Å². The molecule has 3 rings (SSSR count). The lowest BCUT2D eigenvalue weighted by molar-refractivity contribution is -0.167. The van der Waals surface area contributed by atoms with Gasteiger partial charge in [0.15, 0.2) is 12.7 Å². The first kappa shape index (κ1) is 18.2. The molecule has 0 saturated carbocycles. The fourth-order valence-electron chi connectivity index (χ4n) is 3.19. The number of carbonyl (C=O) groups is 3. The maximum Gasteiger partial charge on any atom is 0.334 e. The zero-order chi connectivity index (χ0) is 18.7. The first-order valence-electron chi connectivity index (χ1n) is 8.63. The van der Waals surface area contributed by atoms with Crippen LogP contribution in [0.25, 0.3) is 0 Å². The Morgan fingerprint density at radius 1 is 1.35 bits per heavy atom. The SMILES string of the molecule is C[C@@H]1CN(C(=O)COc2cccc(N3CCCC3=O)c2)CC(C(=O)O)O1. The number of aliphatic carboxylic acids is 1. The minimum absolute atomic E-state index is 0.00415. The number of nitrogens with zero attached hydrogens (tertiary/aromatic N) is 2. The topological polar surface area (TPSA) is 96.4 Å². The minimum Gasteiger partial charge on any atom is -0.484 e. The summed E-state index contributed by atoms with van der Waals surface area (Å²) in [6.45, 7) is 2.55. The number of hydrogen-bond donors (Lipinski definition) is 1. The van der Waals surface area contributed by atoms with E-state index in [0.717, 1.165) is 12.1 Å². The number of amides is 2. The summed E-state index contributed by atoms with van der Waals surface area (Å²) in [4.78, 5) is 38.5. The van der Waals surface area contributed by atoms with E-state index in [1.165, 1.54) is 4.90 Å². The van der Waals surface area contributed by atoms with E-state index in [9.17, 15) is 14.4 Å². The maximum atomic E-state index is 12.4. The molecule has 1 N–H and O–H groups in total. The number of anilines is 1. The largest absolute Gasteiger partial charge is 0.484 e. The highest BCUT2D eigenvalue weighted by Gasteiger charge is 2.32. The zero-order valence-electron chi connectivity index (χ0n) is 14.6. The molecule has 0 spiro atoms. The van der Waals surface area contributed by atoms with Gasteiger partial charge in [-0.05, 0) is 25.5 Å². The van der Waals surface area contributed by atoms with Crippen LogP contribution in [0.5, 0.6) is 5.75 Å². The number of carboxylic acid groups (broad SMARTS) is 1. The molecular formula is C18H22N2O6. The Labute approximate surface area is 151 Å². The Bertz CT molecular complexity index is 707. The lowest BCUT2D eigenvalue weighted by Gasteiger charge is -2.34. The Morgan fingerprint density at radius 3 is 2.85 bits per heavy atom. The van der Waals surface area contributed by atoms with E-state index in [2.05, 4.69) is 0 Å². The van der Waals surface area contributed by atoms with Crippen LogP contribution in [0.4, 0.5) is 5.69 Å². The van der Waals surface area contributed by atoms with Gasteiger partial charge >= 0.3 is 5.97 Å². The summed E-state index contributed by atoms with van der Waals surface area (Å²) in [5.41, 5.74) is 0.753. The van der Waals surface area contributed by atoms with E-state index in [-0.39, 0.29) is 31.1 Å². The molecule has 2 fully saturated rings.